The molecular weight excluding hydrogens is 454 g/mol. The molecule has 0 bridgehead atoms. The Morgan fingerprint density at radius 2 is 1.84 bits per heavy atom. The van der Waals surface area contributed by atoms with E-state index >= 15 is 0 Å². The van der Waals surface area contributed by atoms with Crippen molar-refractivity contribution in [3.05, 3.63) is 48.2 Å². The Morgan fingerprint density at radius 1 is 1.12 bits per heavy atom. The zero-order valence-electron chi connectivity index (χ0n) is 17.7. The van der Waals surface area contributed by atoms with Crippen LogP contribution in [0.15, 0.2) is 51.2 Å². The predicted octanol–water partition coefficient (Wildman–Crippen LogP) is 3.10. The second-order valence-corrected chi connectivity index (χ2v) is 10.3. The van der Waals surface area contributed by atoms with Crippen molar-refractivity contribution in [1.82, 2.24) is 9.46 Å². The van der Waals surface area contributed by atoms with Gasteiger partial charge in [-0.25, -0.2) is 13.2 Å². The number of hydrogen-bond donors (Lipinski definition) is 0. The molecule has 0 amide bonds. The third kappa shape index (κ3) is 4.50. The van der Waals surface area contributed by atoms with Crippen LogP contribution in [0.2, 0.25) is 0 Å². The number of carbonyl (C=O) groups is 1. The number of anilines is 1. The lowest BCUT2D eigenvalue weighted by atomic mass is 10.2. The summed E-state index contributed by atoms with van der Waals surface area (Å²) < 4.78 is 43.3. The van der Waals surface area contributed by atoms with Crippen LogP contribution in [0, 0.1) is 0 Å². The number of piperazine rings is 1. The van der Waals surface area contributed by atoms with Gasteiger partial charge in [0.2, 0.25) is 0 Å². The van der Waals surface area contributed by atoms with E-state index in [4.69, 9.17) is 14.0 Å². The molecule has 0 atom stereocenters. The first-order chi connectivity index (χ1) is 15.4. The van der Waals surface area contributed by atoms with Crippen LogP contribution in [0.5, 0.6) is 5.75 Å². The maximum absolute atomic E-state index is 13.1. The van der Waals surface area contributed by atoms with Crippen molar-refractivity contribution in [2.75, 3.05) is 44.8 Å². The first-order valence-corrected chi connectivity index (χ1v) is 12.3. The molecule has 32 heavy (non-hydrogen) atoms. The lowest BCUT2D eigenvalue weighted by molar-refractivity contribution is 0.0514. The Balaban J connectivity index is 1.43. The second kappa shape index (κ2) is 9.31. The zero-order chi connectivity index (χ0) is 22.7. The number of methoxy groups -OCH3 is 1. The SMILES string of the molecule is CCOC(=O)c1cc(-c2ccc(S(=O)(=O)N3CCN(c4ccc(OC)cc4)CC3)s2)on1. The topological polar surface area (TPSA) is 102 Å². The van der Waals surface area contributed by atoms with Gasteiger partial charge in [-0.3, -0.25) is 0 Å². The van der Waals surface area contributed by atoms with E-state index in [1.54, 1.807) is 26.2 Å². The van der Waals surface area contributed by atoms with Gasteiger partial charge in [-0.2, -0.15) is 4.31 Å². The summed E-state index contributed by atoms with van der Waals surface area (Å²) in [6.07, 6.45) is 0. The van der Waals surface area contributed by atoms with Crippen LogP contribution in [0.25, 0.3) is 10.6 Å². The molecule has 3 aromatic rings. The minimum Gasteiger partial charge on any atom is -0.497 e. The van der Waals surface area contributed by atoms with Crippen molar-refractivity contribution < 1.29 is 27.2 Å². The smallest absolute Gasteiger partial charge is 0.360 e. The van der Waals surface area contributed by atoms with Crippen molar-refractivity contribution in [3.63, 3.8) is 0 Å². The third-order valence-electron chi connectivity index (χ3n) is 5.09. The summed E-state index contributed by atoms with van der Waals surface area (Å²) in [4.78, 5) is 14.5. The average Bonchev–Trinajstić information content (AvgIpc) is 3.50. The molecular formula is C21H23N3O6S2. The molecule has 11 heteroatoms. The predicted molar refractivity (Wildman–Crippen MR) is 120 cm³/mol. The van der Waals surface area contributed by atoms with E-state index in [0.717, 1.165) is 22.8 Å². The van der Waals surface area contributed by atoms with E-state index in [0.29, 0.717) is 36.8 Å². The van der Waals surface area contributed by atoms with E-state index in [2.05, 4.69) is 10.1 Å². The lowest BCUT2D eigenvalue weighted by Crippen LogP contribution is -2.48. The van der Waals surface area contributed by atoms with Crippen molar-refractivity contribution in [3.8, 4) is 16.4 Å². The Kier molecular flexibility index (Phi) is 6.49. The Morgan fingerprint density at radius 3 is 2.50 bits per heavy atom. The molecule has 0 radical (unpaired) electrons. The normalized spacial score (nSPS) is 15.0. The van der Waals surface area contributed by atoms with E-state index in [9.17, 15) is 13.2 Å². The van der Waals surface area contributed by atoms with Gasteiger partial charge in [-0.15, -0.1) is 11.3 Å². The minimum atomic E-state index is -3.63. The summed E-state index contributed by atoms with van der Waals surface area (Å²) in [5.41, 5.74) is 1.08. The van der Waals surface area contributed by atoms with Crippen molar-refractivity contribution in [2.24, 2.45) is 0 Å². The van der Waals surface area contributed by atoms with Gasteiger partial charge in [0, 0.05) is 37.9 Å². The number of nitrogens with zero attached hydrogens (tertiary/aromatic N) is 3. The lowest BCUT2D eigenvalue weighted by Gasteiger charge is -2.35. The molecule has 1 aromatic carbocycles. The summed E-state index contributed by atoms with van der Waals surface area (Å²) >= 11 is 1.08. The van der Waals surface area contributed by atoms with E-state index in [1.165, 1.54) is 10.4 Å². The first-order valence-electron chi connectivity index (χ1n) is 10.1. The maximum Gasteiger partial charge on any atom is 0.360 e. The number of rotatable bonds is 7. The quantitative estimate of drug-likeness (QED) is 0.479. The van der Waals surface area contributed by atoms with Crippen LogP contribution in [0.3, 0.4) is 0 Å². The molecule has 0 N–H and O–H groups in total. The molecule has 4 rings (SSSR count). The van der Waals surface area contributed by atoms with Gasteiger partial charge in [0.15, 0.2) is 11.5 Å². The number of hydrogen-bond acceptors (Lipinski definition) is 9. The zero-order valence-corrected chi connectivity index (χ0v) is 19.3. The van der Waals surface area contributed by atoms with Crippen LogP contribution in [-0.4, -0.2) is 63.7 Å². The van der Waals surface area contributed by atoms with Crippen LogP contribution in [0.1, 0.15) is 17.4 Å². The van der Waals surface area contributed by atoms with Gasteiger partial charge >= 0.3 is 5.97 Å². The second-order valence-electron chi connectivity index (χ2n) is 7.00. The van der Waals surface area contributed by atoms with Crippen LogP contribution in [0.4, 0.5) is 5.69 Å². The van der Waals surface area contributed by atoms with E-state index in [1.807, 2.05) is 24.3 Å². The van der Waals surface area contributed by atoms with Crippen LogP contribution < -0.4 is 9.64 Å². The molecule has 0 spiro atoms. The van der Waals surface area contributed by atoms with Crippen molar-refractivity contribution in [1.29, 1.82) is 0 Å². The third-order valence-corrected chi connectivity index (χ3v) is 8.56. The fourth-order valence-corrected chi connectivity index (χ4v) is 6.22. The molecule has 1 aliphatic rings. The van der Waals surface area contributed by atoms with Gasteiger partial charge in [0.25, 0.3) is 10.0 Å². The highest BCUT2D eigenvalue weighted by molar-refractivity contribution is 7.91. The molecule has 1 saturated heterocycles. The Hall–Kier alpha value is -2.89. The maximum atomic E-state index is 13.1. The fourth-order valence-electron chi connectivity index (χ4n) is 3.39. The molecule has 2 aromatic heterocycles. The Labute approximate surface area is 190 Å². The van der Waals surface area contributed by atoms with Crippen LogP contribution in [-0.2, 0) is 14.8 Å². The standard InChI is InChI=1S/C21H23N3O6S2/c1-3-29-21(25)17-14-18(30-22-17)19-8-9-20(31-19)32(26,27)24-12-10-23(11-13-24)15-4-6-16(28-2)7-5-15/h4-9,14H,3,10-13H2,1-2H3. The number of thiophene rings is 1. The van der Waals surface area contributed by atoms with Crippen LogP contribution >= 0.6 is 11.3 Å². The highest BCUT2D eigenvalue weighted by Crippen LogP contribution is 2.33. The number of aromatic nitrogens is 1. The summed E-state index contributed by atoms with van der Waals surface area (Å²) in [7, 11) is -2.01. The van der Waals surface area contributed by atoms with E-state index in [-0.39, 0.29) is 16.5 Å². The van der Waals surface area contributed by atoms with Gasteiger partial charge in [-0.1, -0.05) is 5.16 Å². The number of sulfonamides is 1. The summed E-state index contributed by atoms with van der Waals surface area (Å²) in [6.45, 7) is 3.89. The number of ether oxygens (including phenoxy) is 2. The Bertz CT molecular complexity index is 1180. The summed E-state index contributed by atoms with van der Waals surface area (Å²) in [5, 5.41) is 3.70. The number of benzene rings is 1. The minimum absolute atomic E-state index is 0.0503. The highest BCUT2D eigenvalue weighted by atomic mass is 32.2. The summed E-state index contributed by atoms with van der Waals surface area (Å²) in [5.74, 6) is 0.523. The monoisotopic (exact) mass is 477 g/mol. The van der Waals surface area contributed by atoms with Crippen molar-refractivity contribution in [2.45, 2.75) is 11.1 Å². The van der Waals surface area contributed by atoms with Gasteiger partial charge in [0.1, 0.15) is 9.96 Å². The summed E-state index contributed by atoms with van der Waals surface area (Å²) in [6, 6.07) is 12.4. The van der Waals surface area contributed by atoms with Gasteiger partial charge in [0.05, 0.1) is 18.6 Å². The van der Waals surface area contributed by atoms with Gasteiger partial charge in [-0.05, 0) is 43.3 Å². The largest absolute Gasteiger partial charge is 0.497 e. The van der Waals surface area contributed by atoms with E-state index < -0.39 is 16.0 Å². The fraction of sp³-hybridized carbons (Fsp3) is 0.333. The van der Waals surface area contributed by atoms with Gasteiger partial charge < -0.3 is 18.9 Å². The molecule has 3 heterocycles. The molecule has 170 valence electrons. The molecule has 9 nitrogen and oxygen atoms in total. The molecule has 1 fully saturated rings. The highest BCUT2D eigenvalue weighted by Gasteiger charge is 2.30. The molecule has 0 aliphatic carbocycles. The molecule has 0 unspecified atom stereocenters. The molecule has 0 saturated carbocycles. The average molecular weight is 478 g/mol. The number of carbonyl (C=O) groups excluding carboxylic acids is 1. The van der Waals surface area contributed by atoms with Crippen molar-refractivity contribution >= 4 is 33.0 Å². The number of esters is 1. The first kappa shape index (κ1) is 22.3. The molecule has 1 aliphatic heterocycles.